The van der Waals surface area contributed by atoms with Gasteiger partial charge in [-0.15, -0.1) is 0 Å². The van der Waals surface area contributed by atoms with Gasteiger partial charge in [0.25, 0.3) is 5.91 Å². The highest BCUT2D eigenvalue weighted by Gasteiger charge is 2.24. The first-order chi connectivity index (χ1) is 12.4. The molecule has 0 unspecified atom stereocenters. The SMILES string of the molecule is Cc1ccc(C(=O)NC2CC2)cc1NC(=O)Cc1ccccc1C(=O)O. The third-order valence-corrected chi connectivity index (χ3v) is 4.29. The standard InChI is InChI=1S/C20H20N2O4/c1-12-6-7-14(19(24)21-15-8-9-15)10-17(12)22-18(23)11-13-4-2-3-5-16(13)20(25)26/h2-7,10,15H,8-9,11H2,1H3,(H,21,24)(H,22,23)(H,25,26). The van der Waals surface area contributed by atoms with Crippen LogP contribution in [0.4, 0.5) is 5.69 Å². The summed E-state index contributed by atoms with van der Waals surface area (Å²) in [5.41, 5.74) is 2.41. The lowest BCUT2D eigenvalue weighted by atomic mass is 10.0. The highest BCUT2D eigenvalue weighted by molar-refractivity contribution is 5.99. The third kappa shape index (κ3) is 4.27. The molecule has 3 N–H and O–H groups in total. The summed E-state index contributed by atoms with van der Waals surface area (Å²) in [4.78, 5) is 35.8. The minimum absolute atomic E-state index is 0.0551. The van der Waals surface area contributed by atoms with E-state index in [1.807, 2.05) is 6.92 Å². The lowest BCUT2D eigenvalue weighted by Gasteiger charge is -2.12. The number of carbonyl (C=O) groups is 3. The van der Waals surface area contributed by atoms with Gasteiger partial charge >= 0.3 is 5.97 Å². The average Bonchev–Trinajstić information content (AvgIpc) is 3.41. The molecular formula is C20H20N2O4. The first-order valence-electron chi connectivity index (χ1n) is 8.46. The second-order valence-corrected chi connectivity index (χ2v) is 6.46. The number of rotatable bonds is 6. The van der Waals surface area contributed by atoms with Crippen molar-refractivity contribution in [3.63, 3.8) is 0 Å². The van der Waals surface area contributed by atoms with Gasteiger partial charge in [-0.25, -0.2) is 4.79 Å². The van der Waals surface area contributed by atoms with Crippen LogP contribution in [0.25, 0.3) is 0 Å². The molecule has 134 valence electrons. The zero-order valence-corrected chi connectivity index (χ0v) is 14.4. The molecule has 2 aromatic carbocycles. The van der Waals surface area contributed by atoms with Gasteiger partial charge < -0.3 is 15.7 Å². The van der Waals surface area contributed by atoms with Crippen LogP contribution in [0.3, 0.4) is 0 Å². The van der Waals surface area contributed by atoms with E-state index in [4.69, 9.17) is 0 Å². The molecule has 2 aromatic rings. The molecule has 0 atom stereocenters. The Bertz CT molecular complexity index is 872. The van der Waals surface area contributed by atoms with Crippen molar-refractivity contribution in [2.75, 3.05) is 5.32 Å². The largest absolute Gasteiger partial charge is 0.478 e. The molecule has 6 heteroatoms. The quantitative estimate of drug-likeness (QED) is 0.745. The van der Waals surface area contributed by atoms with Gasteiger partial charge in [0.1, 0.15) is 0 Å². The number of amides is 2. The predicted molar refractivity (Wildman–Crippen MR) is 97.4 cm³/mol. The van der Waals surface area contributed by atoms with E-state index >= 15 is 0 Å². The fraction of sp³-hybridized carbons (Fsp3) is 0.250. The molecule has 0 bridgehead atoms. The lowest BCUT2D eigenvalue weighted by molar-refractivity contribution is -0.115. The van der Waals surface area contributed by atoms with Gasteiger partial charge in [-0.1, -0.05) is 24.3 Å². The molecule has 2 amide bonds. The van der Waals surface area contributed by atoms with Crippen molar-refractivity contribution in [3.05, 3.63) is 64.7 Å². The molecule has 1 aliphatic rings. The molecule has 1 saturated carbocycles. The molecule has 6 nitrogen and oxygen atoms in total. The Morgan fingerprint density at radius 2 is 1.85 bits per heavy atom. The molecule has 0 spiro atoms. The molecule has 0 heterocycles. The Labute approximate surface area is 151 Å². The molecule has 1 fully saturated rings. The molecule has 26 heavy (non-hydrogen) atoms. The molecule has 1 aliphatic carbocycles. The Morgan fingerprint density at radius 3 is 2.54 bits per heavy atom. The van der Waals surface area contributed by atoms with E-state index < -0.39 is 5.97 Å². The summed E-state index contributed by atoms with van der Waals surface area (Å²) < 4.78 is 0. The number of nitrogens with one attached hydrogen (secondary N) is 2. The maximum absolute atomic E-state index is 12.4. The summed E-state index contributed by atoms with van der Waals surface area (Å²) in [6, 6.07) is 11.8. The van der Waals surface area contributed by atoms with Gasteiger partial charge in [0.15, 0.2) is 0 Å². The Hall–Kier alpha value is -3.15. The number of benzene rings is 2. The van der Waals surface area contributed by atoms with E-state index in [9.17, 15) is 19.5 Å². The van der Waals surface area contributed by atoms with Crippen LogP contribution in [0.2, 0.25) is 0 Å². The second-order valence-electron chi connectivity index (χ2n) is 6.46. The maximum atomic E-state index is 12.4. The first-order valence-corrected chi connectivity index (χ1v) is 8.46. The van der Waals surface area contributed by atoms with Crippen LogP contribution in [0.15, 0.2) is 42.5 Å². The van der Waals surface area contributed by atoms with Crippen molar-refractivity contribution < 1.29 is 19.5 Å². The van der Waals surface area contributed by atoms with Crippen LogP contribution in [0.1, 0.15) is 44.7 Å². The Morgan fingerprint density at radius 1 is 1.12 bits per heavy atom. The monoisotopic (exact) mass is 352 g/mol. The van der Waals surface area contributed by atoms with Crippen LogP contribution >= 0.6 is 0 Å². The van der Waals surface area contributed by atoms with E-state index in [0.29, 0.717) is 16.8 Å². The number of carbonyl (C=O) groups excluding carboxylic acids is 2. The topological polar surface area (TPSA) is 95.5 Å². The van der Waals surface area contributed by atoms with Gasteiger partial charge in [-0.3, -0.25) is 9.59 Å². The highest BCUT2D eigenvalue weighted by atomic mass is 16.4. The Kier molecular flexibility index (Phi) is 5.02. The van der Waals surface area contributed by atoms with Gasteiger partial charge in [-0.2, -0.15) is 0 Å². The predicted octanol–water partition coefficient (Wildman–Crippen LogP) is 2.77. The highest BCUT2D eigenvalue weighted by Crippen LogP contribution is 2.21. The maximum Gasteiger partial charge on any atom is 0.335 e. The number of carboxylic acids is 1. The number of aryl methyl sites for hydroxylation is 1. The fourth-order valence-electron chi connectivity index (χ4n) is 2.64. The minimum atomic E-state index is -1.07. The van der Waals surface area contributed by atoms with Crippen molar-refractivity contribution in [3.8, 4) is 0 Å². The zero-order chi connectivity index (χ0) is 18.7. The summed E-state index contributed by atoms with van der Waals surface area (Å²) >= 11 is 0. The summed E-state index contributed by atoms with van der Waals surface area (Å²) in [6.07, 6.45) is 1.95. The van der Waals surface area contributed by atoms with Gasteiger partial charge in [0, 0.05) is 17.3 Å². The number of aromatic carboxylic acids is 1. The minimum Gasteiger partial charge on any atom is -0.478 e. The van der Waals surface area contributed by atoms with Crippen molar-refractivity contribution >= 4 is 23.5 Å². The summed E-state index contributed by atoms with van der Waals surface area (Å²) in [7, 11) is 0. The molecule has 3 rings (SSSR count). The van der Waals surface area contributed by atoms with E-state index in [0.717, 1.165) is 18.4 Å². The van der Waals surface area contributed by atoms with Crippen molar-refractivity contribution in [1.82, 2.24) is 5.32 Å². The smallest absolute Gasteiger partial charge is 0.335 e. The van der Waals surface area contributed by atoms with Crippen LogP contribution in [0.5, 0.6) is 0 Å². The number of hydrogen-bond acceptors (Lipinski definition) is 3. The molecule has 0 saturated heterocycles. The van der Waals surface area contributed by atoms with Crippen LogP contribution in [-0.2, 0) is 11.2 Å². The van der Waals surface area contributed by atoms with Crippen LogP contribution in [0, 0.1) is 6.92 Å². The van der Waals surface area contributed by atoms with E-state index in [1.54, 1.807) is 36.4 Å². The molecule has 0 aliphatic heterocycles. The summed E-state index contributed by atoms with van der Waals surface area (Å²) in [5.74, 6) is -1.55. The van der Waals surface area contributed by atoms with Crippen molar-refractivity contribution in [2.24, 2.45) is 0 Å². The van der Waals surface area contributed by atoms with E-state index in [-0.39, 0.29) is 29.8 Å². The fourth-order valence-corrected chi connectivity index (χ4v) is 2.64. The van der Waals surface area contributed by atoms with Crippen LogP contribution in [-0.4, -0.2) is 28.9 Å². The van der Waals surface area contributed by atoms with E-state index in [1.165, 1.54) is 6.07 Å². The first kappa shape index (κ1) is 17.7. The Balaban J connectivity index is 1.72. The average molecular weight is 352 g/mol. The summed E-state index contributed by atoms with van der Waals surface area (Å²) in [5, 5.41) is 14.9. The number of hydrogen-bond donors (Lipinski definition) is 3. The van der Waals surface area contributed by atoms with Crippen molar-refractivity contribution in [1.29, 1.82) is 0 Å². The zero-order valence-electron chi connectivity index (χ0n) is 14.4. The normalized spacial score (nSPS) is 13.1. The number of anilines is 1. The molecular weight excluding hydrogens is 332 g/mol. The van der Waals surface area contributed by atoms with Gasteiger partial charge in [-0.05, 0) is 49.1 Å². The van der Waals surface area contributed by atoms with Gasteiger partial charge in [0.05, 0.1) is 12.0 Å². The van der Waals surface area contributed by atoms with Crippen LogP contribution < -0.4 is 10.6 Å². The summed E-state index contributed by atoms with van der Waals surface area (Å²) in [6.45, 7) is 1.84. The van der Waals surface area contributed by atoms with E-state index in [2.05, 4.69) is 10.6 Å². The number of carboxylic acid groups (broad SMARTS) is 1. The lowest BCUT2D eigenvalue weighted by Crippen LogP contribution is -2.25. The molecule has 0 aromatic heterocycles. The third-order valence-electron chi connectivity index (χ3n) is 4.29. The molecule has 0 radical (unpaired) electrons. The second kappa shape index (κ2) is 7.39. The van der Waals surface area contributed by atoms with Gasteiger partial charge in [0.2, 0.25) is 5.91 Å². The van der Waals surface area contributed by atoms with Crippen molar-refractivity contribution in [2.45, 2.75) is 32.2 Å².